The van der Waals surface area contributed by atoms with Crippen molar-refractivity contribution in [3.63, 3.8) is 0 Å². The van der Waals surface area contributed by atoms with Gasteiger partial charge in [-0.05, 0) is 54.7 Å². The number of benzene rings is 2. The predicted octanol–water partition coefficient (Wildman–Crippen LogP) is 5.38. The van der Waals surface area contributed by atoms with E-state index in [4.69, 9.17) is 4.74 Å². The molecule has 0 unspecified atom stereocenters. The van der Waals surface area contributed by atoms with E-state index in [1.807, 2.05) is 12.1 Å². The van der Waals surface area contributed by atoms with E-state index in [2.05, 4.69) is 50.2 Å². The smallest absolute Gasteiger partial charge is 0.127 e. The Labute approximate surface area is 116 Å². The molecule has 0 spiro atoms. The van der Waals surface area contributed by atoms with Gasteiger partial charge >= 0.3 is 0 Å². The second-order valence-corrected chi connectivity index (χ2v) is 4.85. The van der Waals surface area contributed by atoms with Crippen LogP contribution in [0.2, 0.25) is 0 Å². The van der Waals surface area contributed by atoms with E-state index in [-0.39, 0.29) is 0 Å². The van der Waals surface area contributed by atoms with Crippen molar-refractivity contribution in [1.29, 1.82) is 0 Å². The summed E-state index contributed by atoms with van der Waals surface area (Å²) in [6.45, 7) is 4.37. The van der Waals surface area contributed by atoms with E-state index in [0.29, 0.717) is 0 Å². The normalized spacial score (nSPS) is 10.4. The van der Waals surface area contributed by atoms with Crippen LogP contribution in [-0.2, 0) is 12.8 Å². The molecule has 0 aliphatic heterocycles. The van der Waals surface area contributed by atoms with E-state index in [1.165, 1.54) is 24.0 Å². The first kappa shape index (κ1) is 13.7. The molecule has 0 bridgehead atoms. The summed E-state index contributed by atoms with van der Waals surface area (Å²) < 4.78 is 5.88. The van der Waals surface area contributed by atoms with Crippen LogP contribution in [0.15, 0.2) is 48.5 Å². The van der Waals surface area contributed by atoms with E-state index in [9.17, 15) is 0 Å². The van der Waals surface area contributed by atoms with Crippen molar-refractivity contribution in [2.45, 2.75) is 39.5 Å². The number of hydrogen-bond donors (Lipinski definition) is 0. The number of hydrogen-bond acceptors (Lipinski definition) is 1. The van der Waals surface area contributed by atoms with Gasteiger partial charge in [0.05, 0.1) is 0 Å². The first-order chi connectivity index (χ1) is 9.31. The standard InChI is InChI=1S/C18H22O/c1-3-5-7-16-10-12-17(13-11-16)19-18-9-6-8-15(4-2)14-18/h6,8-14H,3-5,7H2,1-2H3. The van der Waals surface area contributed by atoms with Gasteiger partial charge in [0.2, 0.25) is 0 Å². The summed E-state index contributed by atoms with van der Waals surface area (Å²) in [5.74, 6) is 1.83. The molecule has 0 saturated carbocycles. The van der Waals surface area contributed by atoms with Crippen molar-refractivity contribution >= 4 is 0 Å². The lowest BCUT2D eigenvalue weighted by molar-refractivity contribution is 0.482. The molecule has 0 aliphatic rings. The minimum Gasteiger partial charge on any atom is -0.457 e. The maximum absolute atomic E-state index is 5.88. The third-order valence-electron chi connectivity index (χ3n) is 3.28. The maximum Gasteiger partial charge on any atom is 0.127 e. The molecule has 0 heterocycles. The van der Waals surface area contributed by atoms with Gasteiger partial charge in [0.25, 0.3) is 0 Å². The number of rotatable bonds is 6. The Kier molecular flexibility index (Phi) is 5.02. The summed E-state index contributed by atoms with van der Waals surface area (Å²) in [4.78, 5) is 0. The summed E-state index contributed by atoms with van der Waals surface area (Å²) in [5.41, 5.74) is 2.69. The molecule has 0 aromatic heterocycles. The van der Waals surface area contributed by atoms with Crippen LogP contribution in [0.4, 0.5) is 0 Å². The monoisotopic (exact) mass is 254 g/mol. The molecule has 0 amide bonds. The quantitative estimate of drug-likeness (QED) is 0.672. The van der Waals surface area contributed by atoms with Crippen LogP contribution in [0.25, 0.3) is 0 Å². The Bertz CT molecular complexity index is 499. The van der Waals surface area contributed by atoms with Gasteiger partial charge < -0.3 is 4.74 Å². The minimum absolute atomic E-state index is 0.911. The summed E-state index contributed by atoms with van der Waals surface area (Å²) in [5, 5.41) is 0. The van der Waals surface area contributed by atoms with Crippen LogP contribution in [0.1, 0.15) is 37.8 Å². The van der Waals surface area contributed by atoms with Crippen molar-refractivity contribution in [1.82, 2.24) is 0 Å². The lowest BCUT2D eigenvalue weighted by Crippen LogP contribution is -1.88. The Morgan fingerprint density at radius 2 is 1.63 bits per heavy atom. The highest BCUT2D eigenvalue weighted by Crippen LogP contribution is 2.23. The summed E-state index contributed by atoms with van der Waals surface area (Å²) >= 11 is 0. The van der Waals surface area contributed by atoms with Gasteiger partial charge in [-0.1, -0.05) is 44.5 Å². The van der Waals surface area contributed by atoms with Crippen LogP contribution in [-0.4, -0.2) is 0 Å². The highest BCUT2D eigenvalue weighted by atomic mass is 16.5. The van der Waals surface area contributed by atoms with Crippen LogP contribution in [0.3, 0.4) is 0 Å². The maximum atomic E-state index is 5.88. The lowest BCUT2D eigenvalue weighted by Gasteiger charge is -2.08. The van der Waals surface area contributed by atoms with E-state index < -0.39 is 0 Å². The third-order valence-corrected chi connectivity index (χ3v) is 3.28. The molecule has 19 heavy (non-hydrogen) atoms. The molecule has 0 saturated heterocycles. The number of aryl methyl sites for hydroxylation is 2. The molecule has 1 nitrogen and oxygen atoms in total. The molecular formula is C18H22O. The molecule has 2 aromatic carbocycles. The van der Waals surface area contributed by atoms with Gasteiger partial charge in [-0.3, -0.25) is 0 Å². The second-order valence-electron chi connectivity index (χ2n) is 4.85. The zero-order chi connectivity index (χ0) is 13.5. The second kappa shape index (κ2) is 6.98. The van der Waals surface area contributed by atoms with Crippen molar-refractivity contribution in [3.05, 3.63) is 59.7 Å². The van der Waals surface area contributed by atoms with Gasteiger partial charge in [-0.2, -0.15) is 0 Å². The fraction of sp³-hybridized carbons (Fsp3) is 0.333. The van der Waals surface area contributed by atoms with Crippen LogP contribution in [0, 0.1) is 0 Å². The van der Waals surface area contributed by atoms with Gasteiger partial charge in [-0.25, -0.2) is 0 Å². The molecule has 0 atom stereocenters. The zero-order valence-electron chi connectivity index (χ0n) is 11.9. The number of unbranched alkanes of at least 4 members (excludes halogenated alkanes) is 1. The van der Waals surface area contributed by atoms with Crippen molar-refractivity contribution < 1.29 is 4.74 Å². The average Bonchev–Trinajstić information content (AvgIpc) is 2.47. The SMILES string of the molecule is CCCCc1ccc(Oc2cccc(CC)c2)cc1. The Morgan fingerprint density at radius 1 is 0.842 bits per heavy atom. The summed E-state index contributed by atoms with van der Waals surface area (Å²) in [6.07, 6.45) is 4.68. The molecule has 2 aromatic rings. The van der Waals surface area contributed by atoms with Crippen molar-refractivity contribution in [2.75, 3.05) is 0 Å². The first-order valence-corrected chi connectivity index (χ1v) is 7.17. The fourth-order valence-electron chi connectivity index (χ4n) is 2.07. The highest BCUT2D eigenvalue weighted by molar-refractivity contribution is 5.35. The van der Waals surface area contributed by atoms with Crippen molar-refractivity contribution in [3.8, 4) is 11.5 Å². The highest BCUT2D eigenvalue weighted by Gasteiger charge is 1.99. The molecule has 0 radical (unpaired) electrons. The molecule has 1 heteroatoms. The minimum atomic E-state index is 0.911. The molecule has 0 N–H and O–H groups in total. The largest absolute Gasteiger partial charge is 0.457 e. The molecule has 100 valence electrons. The van der Waals surface area contributed by atoms with Crippen LogP contribution in [0.5, 0.6) is 11.5 Å². The zero-order valence-corrected chi connectivity index (χ0v) is 11.9. The van der Waals surface area contributed by atoms with Gasteiger partial charge in [0, 0.05) is 0 Å². The predicted molar refractivity (Wildman–Crippen MR) is 80.9 cm³/mol. The number of ether oxygens (including phenoxy) is 1. The Morgan fingerprint density at radius 3 is 2.32 bits per heavy atom. The van der Waals surface area contributed by atoms with E-state index in [0.717, 1.165) is 24.3 Å². The van der Waals surface area contributed by atoms with E-state index >= 15 is 0 Å². The molecule has 0 fully saturated rings. The van der Waals surface area contributed by atoms with Gasteiger partial charge in [-0.15, -0.1) is 0 Å². The molecule has 0 aliphatic carbocycles. The molecular weight excluding hydrogens is 232 g/mol. The topological polar surface area (TPSA) is 9.23 Å². The first-order valence-electron chi connectivity index (χ1n) is 7.17. The molecule has 2 rings (SSSR count). The van der Waals surface area contributed by atoms with Gasteiger partial charge in [0.15, 0.2) is 0 Å². The Balaban J connectivity index is 2.02. The van der Waals surface area contributed by atoms with Crippen LogP contribution < -0.4 is 4.74 Å². The van der Waals surface area contributed by atoms with Crippen molar-refractivity contribution in [2.24, 2.45) is 0 Å². The fourth-order valence-corrected chi connectivity index (χ4v) is 2.07. The average molecular weight is 254 g/mol. The third kappa shape index (κ3) is 4.13. The summed E-state index contributed by atoms with van der Waals surface area (Å²) in [6, 6.07) is 16.7. The van der Waals surface area contributed by atoms with Crippen LogP contribution >= 0.6 is 0 Å². The lowest BCUT2D eigenvalue weighted by atomic mass is 10.1. The van der Waals surface area contributed by atoms with E-state index in [1.54, 1.807) is 0 Å². The summed E-state index contributed by atoms with van der Waals surface area (Å²) in [7, 11) is 0. The van der Waals surface area contributed by atoms with Gasteiger partial charge in [0.1, 0.15) is 11.5 Å². The Hall–Kier alpha value is -1.76.